The van der Waals surface area contributed by atoms with Crippen LogP contribution >= 0.6 is 24.0 Å². The van der Waals surface area contributed by atoms with Gasteiger partial charge in [-0.3, -0.25) is 9.69 Å². The van der Waals surface area contributed by atoms with E-state index in [1.807, 2.05) is 0 Å². The van der Waals surface area contributed by atoms with Crippen molar-refractivity contribution < 1.29 is 22.7 Å². The summed E-state index contributed by atoms with van der Waals surface area (Å²) in [4.78, 5) is 15.5. The summed E-state index contributed by atoms with van der Waals surface area (Å²) in [7, 11) is 1.39. The largest absolute Gasteiger partial charge is 0.573 e. The van der Waals surface area contributed by atoms with Crippen molar-refractivity contribution in [2.75, 3.05) is 7.05 Å². The van der Waals surface area contributed by atoms with Crippen LogP contribution in [0.15, 0.2) is 29.3 Å². The van der Waals surface area contributed by atoms with E-state index in [2.05, 4.69) is 9.73 Å². The number of aliphatic imine (C=N–C) groups is 1. The van der Waals surface area contributed by atoms with Crippen molar-refractivity contribution in [1.82, 2.24) is 4.90 Å². The average molecular weight is 317 g/mol. The van der Waals surface area contributed by atoms with Gasteiger partial charge in [-0.25, -0.2) is 4.99 Å². The second-order valence-electron chi connectivity index (χ2n) is 3.15. The van der Waals surface area contributed by atoms with E-state index in [9.17, 15) is 18.0 Å². The molecule has 0 atom stereocenters. The predicted octanol–water partition coefficient (Wildman–Crippen LogP) is 3.96. The molecule has 0 bridgehead atoms. The van der Waals surface area contributed by atoms with Crippen LogP contribution < -0.4 is 4.74 Å². The summed E-state index contributed by atoms with van der Waals surface area (Å²) in [5, 5.41) is -0.726. The highest BCUT2D eigenvalue weighted by molar-refractivity contribution is 6.63. The molecule has 0 aliphatic rings. The summed E-state index contributed by atoms with van der Waals surface area (Å²) >= 11 is 5.14. The van der Waals surface area contributed by atoms with Crippen LogP contribution in [0.25, 0.3) is 0 Å². The summed E-state index contributed by atoms with van der Waals surface area (Å²) in [5.74, 6) is -0.344. The molecule has 106 valence electrons. The van der Waals surface area contributed by atoms with E-state index in [1.54, 1.807) is 0 Å². The van der Waals surface area contributed by atoms with E-state index in [4.69, 9.17) is 11.6 Å². The Balaban J connectivity index is 0.00000324. The summed E-state index contributed by atoms with van der Waals surface area (Å²) in [6.07, 6.45) is -3.58. The van der Waals surface area contributed by atoms with Crippen molar-refractivity contribution in [2.45, 2.75) is 6.36 Å². The Morgan fingerprint density at radius 2 is 1.89 bits per heavy atom. The maximum atomic E-state index is 11.9. The molecule has 1 aromatic rings. The summed E-state index contributed by atoms with van der Waals surface area (Å²) < 4.78 is 39.3. The fourth-order valence-electron chi connectivity index (χ4n) is 0.933. The van der Waals surface area contributed by atoms with Crippen molar-refractivity contribution in [3.8, 4) is 5.75 Å². The minimum atomic E-state index is -4.73. The van der Waals surface area contributed by atoms with Gasteiger partial charge in [0, 0.05) is 7.05 Å². The van der Waals surface area contributed by atoms with E-state index in [-0.39, 0.29) is 18.2 Å². The molecule has 4 nitrogen and oxygen atoms in total. The number of nitrogens with zero attached hydrogens (tertiary/aromatic N) is 2. The van der Waals surface area contributed by atoms with Crippen LogP contribution in [0.1, 0.15) is 0 Å². The molecular formula is C10H9Cl2F3N2O2. The van der Waals surface area contributed by atoms with Crippen molar-refractivity contribution in [3.05, 3.63) is 24.3 Å². The van der Waals surface area contributed by atoms with Gasteiger partial charge >= 0.3 is 11.7 Å². The molecule has 19 heavy (non-hydrogen) atoms. The number of benzene rings is 1. The maximum absolute atomic E-state index is 11.9. The van der Waals surface area contributed by atoms with Gasteiger partial charge in [0.15, 0.2) is 0 Å². The van der Waals surface area contributed by atoms with E-state index in [0.29, 0.717) is 5.69 Å². The first kappa shape index (κ1) is 17.5. The lowest BCUT2D eigenvalue weighted by Crippen LogP contribution is -2.18. The Labute approximate surface area is 118 Å². The molecule has 1 amide bonds. The topological polar surface area (TPSA) is 41.9 Å². The third kappa shape index (κ3) is 6.88. The van der Waals surface area contributed by atoms with Crippen LogP contribution in [-0.4, -0.2) is 30.0 Å². The zero-order valence-corrected chi connectivity index (χ0v) is 11.1. The predicted molar refractivity (Wildman–Crippen MR) is 67.5 cm³/mol. The highest BCUT2D eigenvalue weighted by atomic mass is 35.5. The quantitative estimate of drug-likeness (QED) is 0.366. The molecule has 0 aliphatic heterocycles. The number of carbonyl (C=O) groups is 1. The molecule has 0 aromatic heterocycles. The zero-order chi connectivity index (χ0) is 13.8. The third-order valence-electron chi connectivity index (χ3n) is 1.73. The maximum Gasteiger partial charge on any atom is 0.573 e. The van der Waals surface area contributed by atoms with Crippen molar-refractivity contribution in [2.24, 2.45) is 4.99 Å². The van der Waals surface area contributed by atoms with E-state index in [0.717, 1.165) is 23.4 Å². The lowest BCUT2D eigenvalue weighted by molar-refractivity contribution is -0.274. The van der Waals surface area contributed by atoms with Gasteiger partial charge in [0.25, 0.3) is 0 Å². The molecule has 1 rings (SSSR count). The molecule has 1 aromatic carbocycles. The van der Waals surface area contributed by atoms with Gasteiger partial charge in [0.2, 0.25) is 0 Å². The number of carbonyl (C=O) groups excluding carboxylic acids is 1. The third-order valence-corrected chi connectivity index (χ3v) is 1.99. The number of rotatable bonds is 3. The second kappa shape index (κ2) is 7.20. The molecule has 0 spiro atoms. The Kier molecular flexibility index (Phi) is 6.64. The fourth-order valence-corrected chi connectivity index (χ4v) is 0.976. The van der Waals surface area contributed by atoms with Gasteiger partial charge in [-0.2, -0.15) is 0 Å². The summed E-state index contributed by atoms with van der Waals surface area (Å²) in [6.45, 7) is 0. The Bertz CT molecular complexity index is 449. The van der Waals surface area contributed by atoms with Crippen molar-refractivity contribution >= 4 is 41.4 Å². The molecule has 0 heterocycles. The first-order valence-corrected chi connectivity index (χ1v) is 4.98. The standard InChI is InChI=1S/C10H8ClF3N2O2.ClH/c1-16(9(11)17)6-15-7-2-4-8(5-3-7)18-10(12,13)14;/h2-6H,1H3;1H. The van der Waals surface area contributed by atoms with Crippen LogP contribution in [0.4, 0.5) is 23.7 Å². The zero-order valence-electron chi connectivity index (χ0n) is 9.52. The highest BCUT2D eigenvalue weighted by Gasteiger charge is 2.30. The van der Waals surface area contributed by atoms with E-state index < -0.39 is 11.7 Å². The number of amides is 1. The highest BCUT2D eigenvalue weighted by Crippen LogP contribution is 2.24. The molecule has 0 unspecified atom stereocenters. The van der Waals surface area contributed by atoms with Gasteiger partial charge in [-0.15, -0.1) is 25.6 Å². The smallest absolute Gasteiger partial charge is 0.406 e. The van der Waals surface area contributed by atoms with Crippen LogP contribution in [0.5, 0.6) is 5.75 Å². The van der Waals surface area contributed by atoms with E-state index >= 15 is 0 Å². The minimum Gasteiger partial charge on any atom is -0.406 e. The number of halogens is 5. The normalized spacial score (nSPS) is 11.0. The van der Waals surface area contributed by atoms with Crippen LogP contribution in [0, 0.1) is 0 Å². The molecule has 0 saturated carbocycles. The Morgan fingerprint density at radius 3 is 2.32 bits per heavy atom. The van der Waals surface area contributed by atoms with Crippen LogP contribution in [-0.2, 0) is 0 Å². The van der Waals surface area contributed by atoms with Gasteiger partial charge in [0.05, 0.1) is 12.0 Å². The van der Waals surface area contributed by atoms with Crippen LogP contribution in [0.2, 0.25) is 0 Å². The number of hydrogen-bond acceptors (Lipinski definition) is 3. The number of hydrogen-bond donors (Lipinski definition) is 0. The number of alkyl halides is 3. The van der Waals surface area contributed by atoms with Crippen molar-refractivity contribution in [1.29, 1.82) is 0 Å². The fraction of sp³-hybridized carbons (Fsp3) is 0.200. The molecular weight excluding hydrogens is 308 g/mol. The SMILES string of the molecule is CN(C=Nc1ccc(OC(F)(F)F)cc1)C(=O)Cl.Cl. The first-order chi connectivity index (χ1) is 8.28. The lowest BCUT2D eigenvalue weighted by Gasteiger charge is -2.08. The Hall–Kier alpha value is -1.47. The van der Waals surface area contributed by atoms with Gasteiger partial charge in [-0.05, 0) is 35.9 Å². The second-order valence-corrected chi connectivity index (χ2v) is 3.47. The molecule has 0 radical (unpaired) electrons. The van der Waals surface area contributed by atoms with Crippen molar-refractivity contribution in [3.63, 3.8) is 0 Å². The monoisotopic (exact) mass is 316 g/mol. The van der Waals surface area contributed by atoms with Gasteiger partial charge in [0.1, 0.15) is 5.75 Å². The lowest BCUT2D eigenvalue weighted by atomic mass is 10.3. The minimum absolute atomic E-state index is 0. The Morgan fingerprint density at radius 1 is 1.37 bits per heavy atom. The summed E-state index contributed by atoms with van der Waals surface area (Å²) in [5.41, 5.74) is 0.356. The molecule has 0 saturated heterocycles. The molecule has 9 heteroatoms. The summed E-state index contributed by atoms with van der Waals surface area (Å²) in [6, 6.07) is 4.85. The average Bonchev–Trinajstić information content (AvgIpc) is 2.25. The van der Waals surface area contributed by atoms with Gasteiger partial charge in [-0.1, -0.05) is 0 Å². The van der Waals surface area contributed by atoms with Crippen LogP contribution in [0.3, 0.4) is 0 Å². The van der Waals surface area contributed by atoms with E-state index in [1.165, 1.54) is 19.2 Å². The molecule has 0 aliphatic carbocycles. The molecule has 0 N–H and O–H groups in total. The first-order valence-electron chi connectivity index (χ1n) is 4.60. The number of ether oxygens (including phenoxy) is 1. The molecule has 0 fully saturated rings. The van der Waals surface area contributed by atoms with Gasteiger partial charge < -0.3 is 4.74 Å².